The molecule has 0 fully saturated rings. The van der Waals surface area contributed by atoms with Gasteiger partial charge in [-0.05, 0) is 12.1 Å². The molecule has 3 aromatic rings. The molecule has 1 aromatic carbocycles. The zero-order valence-electron chi connectivity index (χ0n) is 8.91. The monoisotopic (exact) mass is 243 g/mol. The van der Waals surface area contributed by atoms with Crippen LogP contribution in [0.1, 0.15) is 5.69 Å². The number of benzene rings is 1. The minimum absolute atomic E-state index is 0.407. The summed E-state index contributed by atoms with van der Waals surface area (Å²) in [7, 11) is 0. The number of para-hydroxylation sites is 1. The molecule has 0 bridgehead atoms. The van der Waals surface area contributed by atoms with Crippen LogP contribution in [0, 0.1) is 0 Å². The van der Waals surface area contributed by atoms with Crippen molar-refractivity contribution >= 4 is 21.6 Å². The highest BCUT2D eigenvalue weighted by molar-refractivity contribution is 7.16. The Morgan fingerprint density at radius 1 is 1.18 bits per heavy atom. The van der Waals surface area contributed by atoms with Gasteiger partial charge in [0.25, 0.3) is 0 Å². The summed E-state index contributed by atoms with van der Waals surface area (Å²) in [6.07, 6.45) is 4.99. The number of hydrogen-bond donors (Lipinski definition) is 0. The standard InChI is InChI=1S/C12H9N3OS/c1-2-10(12-11(3-1)17-8-15-12)16-7-9-6-13-4-5-14-9/h1-6,8H,7H2. The van der Waals surface area contributed by atoms with Crippen molar-refractivity contribution < 1.29 is 4.74 Å². The fourth-order valence-electron chi connectivity index (χ4n) is 1.53. The molecule has 0 spiro atoms. The maximum Gasteiger partial charge on any atom is 0.146 e. The minimum Gasteiger partial charge on any atom is -0.485 e. The molecule has 0 radical (unpaired) electrons. The minimum atomic E-state index is 0.407. The molecule has 3 rings (SSSR count). The Morgan fingerprint density at radius 2 is 2.18 bits per heavy atom. The molecule has 2 aromatic heterocycles. The second-order valence-corrected chi connectivity index (χ2v) is 4.33. The summed E-state index contributed by atoms with van der Waals surface area (Å²) in [6, 6.07) is 5.91. The Balaban J connectivity index is 1.84. The van der Waals surface area contributed by atoms with E-state index in [1.54, 1.807) is 29.9 Å². The van der Waals surface area contributed by atoms with Gasteiger partial charge in [0.15, 0.2) is 0 Å². The van der Waals surface area contributed by atoms with E-state index in [2.05, 4.69) is 15.0 Å². The van der Waals surface area contributed by atoms with Gasteiger partial charge in [0.1, 0.15) is 17.9 Å². The fourth-order valence-corrected chi connectivity index (χ4v) is 2.23. The number of aromatic nitrogens is 3. The first-order valence-corrected chi connectivity index (χ1v) is 6.01. The number of hydrogen-bond acceptors (Lipinski definition) is 5. The predicted molar refractivity (Wildman–Crippen MR) is 66.0 cm³/mol. The number of thiazole rings is 1. The molecule has 0 aliphatic heterocycles. The van der Waals surface area contributed by atoms with E-state index in [9.17, 15) is 0 Å². The van der Waals surface area contributed by atoms with Crippen LogP contribution in [0.15, 0.2) is 42.3 Å². The summed E-state index contributed by atoms with van der Waals surface area (Å²) in [5.74, 6) is 0.786. The van der Waals surface area contributed by atoms with E-state index in [4.69, 9.17) is 4.74 Å². The summed E-state index contributed by atoms with van der Waals surface area (Å²) >= 11 is 1.60. The summed E-state index contributed by atoms with van der Waals surface area (Å²) in [6.45, 7) is 0.407. The molecule has 0 saturated heterocycles. The molecule has 0 atom stereocenters. The molecule has 0 aliphatic rings. The molecule has 4 nitrogen and oxygen atoms in total. The molecule has 0 N–H and O–H groups in total. The lowest BCUT2D eigenvalue weighted by Crippen LogP contribution is -1.98. The molecular weight excluding hydrogens is 234 g/mol. The van der Waals surface area contributed by atoms with Gasteiger partial charge in [0.2, 0.25) is 0 Å². The van der Waals surface area contributed by atoms with Crippen LogP contribution in [-0.2, 0) is 6.61 Å². The summed E-state index contributed by atoms with van der Waals surface area (Å²) in [4.78, 5) is 12.4. The highest BCUT2D eigenvalue weighted by atomic mass is 32.1. The third kappa shape index (κ3) is 2.09. The highest BCUT2D eigenvalue weighted by Crippen LogP contribution is 2.27. The Bertz CT molecular complexity index is 624. The van der Waals surface area contributed by atoms with Gasteiger partial charge in [-0.1, -0.05) is 6.07 Å². The van der Waals surface area contributed by atoms with E-state index >= 15 is 0 Å². The maximum absolute atomic E-state index is 5.71. The van der Waals surface area contributed by atoms with Crippen molar-refractivity contribution in [2.75, 3.05) is 0 Å². The Hall–Kier alpha value is -2.01. The normalized spacial score (nSPS) is 10.6. The lowest BCUT2D eigenvalue weighted by Gasteiger charge is -2.05. The van der Waals surface area contributed by atoms with Crippen molar-refractivity contribution in [3.63, 3.8) is 0 Å². The van der Waals surface area contributed by atoms with Gasteiger partial charge in [-0.3, -0.25) is 9.97 Å². The van der Waals surface area contributed by atoms with Crippen LogP contribution in [-0.4, -0.2) is 15.0 Å². The van der Waals surface area contributed by atoms with Crippen molar-refractivity contribution in [2.45, 2.75) is 6.61 Å². The van der Waals surface area contributed by atoms with Crippen molar-refractivity contribution in [2.24, 2.45) is 0 Å². The second kappa shape index (κ2) is 4.47. The number of rotatable bonds is 3. The quantitative estimate of drug-likeness (QED) is 0.709. The van der Waals surface area contributed by atoms with Gasteiger partial charge in [-0.2, -0.15) is 0 Å². The van der Waals surface area contributed by atoms with E-state index in [0.29, 0.717) is 6.61 Å². The second-order valence-electron chi connectivity index (χ2n) is 3.44. The van der Waals surface area contributed by atoms with Crippen LogP contribution in [0.25, 0.3) is 10.2 Å². The van der Waals surface area contributed by atoms with Crippen LogP contribution < -0.4 is 4.74 Å². The fraction of sp³-hybridized carbons (Fsp3) is 0.0833. The first kappa shape index (κ1) is 10.2. The van der Waals surface area contributed by atoms with Crippen molar-refractivity contribution in [1.29, 1.82) is 0 Å². The van der Waals surface area contributed by atoms with Gasteiger partial charge in [-0.15, -0.1) is 11.3 Å². The molecule has 0 aliphatic carbocycles. The average Bonchev–Trinajstić information content (AvgIpc) is 2.86. The van der Waals surface area contributed by atoms with Crippen LogP contribution in [0.3, 0.4) is 0 Å². The van der Waals surface area contributed by atoms with E-state index in [0.717, 1.165) is 21.7 Å². The lowest BCUT2D eigenvalue weighted by molar-refractivity contribution is 0.304. The third-order valence-electron chi connectivity index (χ3n) is 2.32. The maximum atomic E-state index is 5.71. The third-order valence-corrected chi connectivity index (χ3v) is 3.11. The van der Waals surface area contributed by atoms with Crippen LogP contribution >= 0.6 is 11.3 Å². The smallest absolute Gasteiger partial charge is 0.146 e. The number of nitrogens with zero attached hydrogens (tertiary/aromatic N) is 3. The van der Waals surface area contributed by atoms with E-state index < -0.39 is 0 Å². The first-order valence-electron chi connectivity index (χ1n) is 5.13. The molecule has 2 heterocycles. The van der Waals surface area contributed by atoms with Crippen LogP contribution in [0.4, 0.5) is 0 Å². The van der Waals surface area contributed by atoms with Crippen LogP contribution in [0.2, 0.25) is 0 Å². The molecule has 84 valence electrons. The van der Waals surface area contributed by atoms with Gasteiger partial charge in [-0.25, -0.2) is 4.98 Å². The predicted octanol–water partition coefficient (Wildman–Crippen LogP) is 2.67. The van der Waals surface area contributed by atoms with Gasteiger partial charge in [0.05, 0.1) is 22.1 Å². The number of fused-ring (bicyclic) bond motifs is 1. The molecule has 0 amide bonds. The molecule has 5 heteroatoms. The summed E-state index contributed by atoms with van der Waals surface area (Å²) in [5.41, 5.74) is 3.53. The Labute approximate surface area is 102 Å². The molecular formula is C12H9N3OS. The highest BCUT2D eigenvalue weighted by Gasteiger charge is 2.04. The lowest BCUT2D eigenvalue weighted by atomic mass is 10.3. The zero-order chi connectivity index (χ0) is 11.5. The zero-order valence-corrected chi connectivity index (χ0v) is 9.72. The van der Waals surface area contributed by atoms with Crippen molar-refractivity contribution in [3.8, 4) is 5.75 Å². The molecule has 17 heavy (non-hydrogen) atoms. The van der Waals surface area contributed by atoms with E-state index in [1.807, 2.05) is 23.7 Å². The van der Waals surface area contributed by atoms with Gasteiger partial charge < -0.3 is 4.74 Å². The van der Waals surface area contributed by atoms with Gasteiger partial charge >= 0.3 is 0 Å². The van der Waals surface area contributed by atoms with Crippen LogP contribution in [0.5, 0.6) is 5.75 Å². The van der Waals surface area contributed by atoms with E-state index in [-0.39, 0.29) is 0 Å². The Kier molecular flexibility index (Phi) is 2.67. The van der Waals surface area contributed by atoms with Crippen molar-refractivity contribution in [1.82, 2.24) is 15.0 Å². The topological polar surface area (TPSA) is 47.9 Å². The first-order chi connectivity index (χ1) is 8.43. The van der Waals surface area contributed by atoms with E-state index in [1.165, 1.54) is 0 Å². The molecule has 0 saturated carbocycles. The average molecular weight is 243 g/mol. The number of ether oxygens (including phenoxy) is 1. The van der Waals surface area contributed by atoms with Gasteiger partial charge in [0, 0.05) is 12.4 Å². The molecule has 0 unspecified atom stereocenters. The summed E-state index contributed by atoms with van der Waals surface area (Å²) < 4.78 is 6.83. The van der Waals surface area contributed by atoms with Crippen molar-refractivity contribution in [3.05, 3.63) is 48.0 Å². The Morgan fingerprint density at radius 3 is 3.06 bits per heavy atom. The SMILES string of the molecule is c1cc(OCc2cnccn2)c2ncsc2c1. The summed E-state index contributed by atoms with van der Waals surface area (Å²) in [5, 5.41) is 0. The largest absolute Gasteiger partial charge is 0.485 e.